The maximum Gasteiger partial charge on any atom is 0.287 e. The van der Waals surface area contributed by atoms with Gasteiger partial charge < -0.3 is 24.3 Å². The smallest absolute Gasteiger partial charge is 0.287 e. The summed E-state index contributed by atoms with van der Waals surface area (Å²) in [6, 6.07) is 20.7. The molecule has 2 saturated heterocycles. The van der Waals surface area contributed by atoms with Gasteiger partial charge in [0, 0.05) is 50.1 Å². The SMILES string of the molecule is CCCOc1ccc2oc(C(=O)N[C@@H](Cc3ccc(Cl)cc3)C(=O)N3CCC(c4ccccc4CN4CCCCC4=O)CC3)cc(=O)c2c1. The number of halogens is 1. The maximum absolute atomic E-state index is 14.1. The van der Waals surface area contributed by atoms with E-state index in [4.69, 9.17) is 20.8 Å². The molecule has 0 radical (unpaired) electrons. The van der Waals surface area contributed by atoms with E-state index in [0.717, 1.165) is 55.8 Å². The number of fused-ring (bicyclic) bond motifs is 1. The summed E-state index contributed by atoms with van der Waals surface area (Å²) >= 11 is 6.12. The number of nitrogens with zero attached hydrogens (tertiary/aromatic N) is 2. The van der Waals surface area contributed by atoms with E-state index in [2.05, 4.69) is 17.4 Å². The Morgan fingerprint density at radius 3 is 2.51 bits per heavy atom. The molecule has 0 saturated carbocycles. The number of hydrogen-bond acceptors (Lipinski definition) is 6. The molecule has 2 fully saturated rings. The number of carbonyl (C=O) groups is 3. The lowest BCUT2D eigenvalue weighted by atomic mass is 9.86. The Morgan fingerprint density at radius 1 is 0.980 bits per heavy atom. The van der Waals surface area contributed by atoms with Gasteiger partial charge in [-0.05, 0) is 85.0 Å². The predicted molar refractivity (Wildman–Crippen MR) is 189 cm³/mol. The number of carbonyl (C=O) groups excluding carboxylic acids is 3. The molecule has 0 bridgehead atoms. The molecule has 1 atom stereocenters. The van der Waals surface area contributed by atoms with Crippen molar-refractivity contribution in [3.63, 3.8) is 0 Å². The number of amides is 3. The zero-order valence-corrected chi connectivity index (χ0v) is 28.5. The van der Waals surface area contributed by atoms with Crippen LogP contribution in [-0.4, -0.2) is 59.8 Å². The van der Waals surface area contributed by atoms with Crippen molar-refractivity contribution in [1.82, 2.24) is 15.1 Å². The second kappa shape index (κ2) is 15.7. The van der Waals surface area contributed by atoms with Crippen molar-refractivity contribution in [3.05, 3.63) is 110 Å². The van der Waals surface area contributed by atoms with Gasteiger partial charge in [0.25, 0.3) is 5.91 Å². The van der Waals surface area contributed by atoms with E-state index in [1.54, 1.807) is 30.3 Å². The van der Waals surface area contributed by atoms with Crippen molar-refractivity contribution in [3.8, 4) is 5.75 Å². The second-order valence-electron chi connectivity index (χ2n) is 12.9. The molecule has 0 unspecified atom stereocenters. The minimum atomic E-state index is -0.895. The minimum Gasteiger partial charge on any atom is -0.494 e. The zero-order chi connectivity index (χ0) is 34.3. The van der Waals surface area contributed by atoms with Crippen LogP contribution in [0.2, 0.25) is 5.02 Å². The van der Waals surface area contributed by atoms with Crippen molar-refractivity contribution in [2.45, 2.75) is 70.4 Å². The first-order chi connectivity index (χ1) is 23.8. The summed E-state index contributed by atoms with van der Waals surface area (Å²) in [6.07, 6.45) is 5.20. The van der Waals surface area contributed by atoms with Crippen LogP contribution in [0.1, 0.15) is 78.6 Å². The van der Waals surface area contributed by atoms with Gasteiger partial charge in [0.05, 0.1) is 12.0 Å². The predicted octanol–water partition coefficient (Wildman–Crippen LogP) is 6.50. The van der Waals surface area contributed by atoms with Crippen LogP contribution in [0.3, 0.4) is 0 Å². The van der Waals surface area contributed by atoms with Gasteiger partial charge in [-0.15, -0.1) is 0 Å². The van der Waals surface area contributed by atoms with Gasteiger partial charge in [-0.25, -0.2) is 0 Å². The number of nitrogens with one attached hydrogen (secondary N) is 1. The Hall–Kier alpha value is -4.63. The van der Waals surface area contributed by atoms with Crippen LogP contribution in [0.15, 0.2) is 82.0 Å². The highest BCUT2D eigenvalue weighted by molar-refractivity contribution is 6.30. The molecular weight excluding hydrogens is 642 g/mol. The summed E-state index contributed by atoms with van der Waals surface area (Å²) in [5, 5.41) is 3.75. The van der Waals surface area contributed by atoms with Crippen LogP contribution in [0.5, 0.6) is 5.75 Å². The number of piperidine rings is 2. The molecule has 0 spiro atoms. The highest BCUT2D eigenvalue weighted by Crippen LogP contribution is 2.32. The summed E-state index contributed by atoms with van der Waals surface area (Å²) in [5.41, 5.74) is 3.11. The molecule has 3 amide bonds. The average molecular weight is 684 g/mol. The van der Waals surface area contributed by atoms with E-state index < -0.39 is 11.9 Å². The summed E-state index contributed by atoms with van der Waals surface area (Å²) in [4.78, 5) is 57.0. The molecule has 3 heterocycles. The first-order valence-corrected chi connectivity index (χ1v) is 17.6. The van der Waals surface area contributed by atoms with Gasteiger partial charge in [0.2, 0.25) is 11.8 Å². The van der Waals surface area contributed by atoms with E-state index in [0.29, 0.717) is 48.8 Å². The van der Waals surface area contributed by atoms with Crippen LogP contribution in [0.4, 0.5) is 0 Å². The molecule has 0 aliphatic carbocycles. The van der Waals surface area contributed by atoms with Crippen LogP contribution >= 0.6 is 11.6 Å². The quantitative estimate of drug-likeness (QED) is 0.194. The van der Waals surface area contributed by atoms with Gasteiger partial charge in [-0.1, -0.05) is 54.9 Å². The third-order valence-corrected chi connectivity index (χ3v) is 9.69. The first-order valence-electron chi connectivity index (χ1n) is 17.2. The van der Waals surface area contributed by atoms with E-state index in [1.165, 1.54) is 5.56 Å². The fraction of sp³-hybridized carbons (Fsp3) is 0.385. The minimum absolute atomic E-state index is 0.170. The molecule has 1 N–H and O–H groups in total. The van der Waals surface area contributed by atoms with Gasteiger partial charge in [0.1, 0.15) is 17.4 Å². The molecule has 9 nitrogen and oxygen atoms in total. The van der Waals surface area contributed by atoms with Gasteiger partial charge in [-0.3, -0.25) is 19.2 Å². The number of ether oxygens (including phenoxy) is 1. The fourth-order valence-corrected chi connectivity index (χ4v) is 6.91. The topological polar surface area (TPSA) is 109 Å². The Labute approximate surface area is 291 Å². The average Bonchev–Trinajstić information content (AvgIpc) is 3.12. The third kappa shape index (κ3) is 8.33. The summed E-state index contributed by atoms with van der Waals surface area (Å²) in [6.45, 7) is 4.98. The zero-order valence-electron chi connectivity index (χ0n) is 27.8. The molecular formula is C39H42ClN3O6. The fourth-order valence-electron chi connectivity index (χ4n) is 6.78. The van der Waals surface area contributed by atoms with Gasteiger partial charge >= 0.3 is 0 Å². The van der Waals surface area contributed by atoms with E-state index in [9.17, 15) is 19.2 Å². The van der Waals surface area contributed by atoms with E-state index in [-0.39, 0.29) is 40.9 Å². The molecule has 2 aliphatic rings. The lowest BCUT2D eigenvalue weighted by molar-refractivity contribution is -0.135. The van der Waals surface area contributed by atoms with Crippen molar-refractivity contribution >= 4 is 40.3 Å². The summed E-state index contributed by atoms with van der Waals surface area (Å²) in [5.74, 6) is 0.00466. The van der Waals surface area contributed by atoms with Crippen LogP contribution < -0.4 is 15.5 Å². The normalized spacial score (nSPS) is 16.1. The maximum atomic E-state index is 14.1. The summed E-state index contributed by atoms with van der Waals surface area (Å²) in [7, 11) is 0. The number of hydrogen-bond donors (Lipinski definition) is 1. The van der Waals surface area contributed by atoms with E-state index >= 15 is 0 Å². The highest BCUT2D eigenvalue weighted by atomic mass is 35.5. The molecule has 10 heteroatoms. The first kappa shape index (κ1) is 34.2. The lowest BCUT2D eigenvalue weighted by Crippen LogP contribution is -2.51. The van der Waals surface area contributed by atoms with Gasteiger partial charge in [0.15, 0.2) is 11.2 Å². The second-order valence-corrected chi connectivity index (χ2v) is 13.3. The molecule has 49 heavy (non-hydrogen) atoms. The Morgan fingerprint density at radius 2 is 1.76 bits per heavy atom. The van der Waals surface area contributed by atoms with Gasteiger partial charge in [-0.2, -0.15) is 0 Å². The van der Waals surface area contributed by atoms with Crippen LogP contribution in [0.25, 0.3) is 11.0 Å². The lowest BCUT2D eigenvalue weighted by Gasteiger charge is -2.36. The molecule has 2 aliphatic heterocycles. The van der Waals surface area contributed by atoms with Crippen molar-refractivity contribution in [2.24, 2.45) is 0 Å². The Kier molecular flexibility index (Phi) is 11.0. The molecule has 4 aromatic rings. The van der Waals surface area contributed by atoms with Crippen molar-refractivity contribution < 1.29 is 23.5 Å². The Bertz CT molecular complexity index is 1870. The van der Waals surface area contributed by atoms with Crippen molar-refractivity contribution in [2.75, 3.05) is 26.2 Å². The van der Waals surface area contributed by atoms with Crippen LogP contribution in [0, 0.1) is 0 Å². The number of rotatable bonds is 11. The highest BCUT2D eigenvalue weighted by Gasteiger charge is 2.32. The number of benzene rings is 3. The van der Waals surface area contributed by atoms with Crippen molar-refractivity contribution in [1.29, 1.82) is 0 Å². The summed E-state index contributed by atoms with van der Waals surface area (Å²) < 4.78 is 11.5. The molecule has 256 valence electrons. The standard InChI is InChI=1S/C39H42ClN3O6/c1-2-21-48-30-14-15-35-32(23-30)34(44)24-36(49-35)38(46)41-33(22-26-10-12-29(40)13-11-26)39(47)42-19-16-27(17-20-42)31-8-4-3-7-28(31)25-43-18-6-5-9-37(43)45/h3-4,7-8,10-15,23-24,27,33H,2,5-6,9,16-22,25H2,1H3,(H,41,46)/t33-/m0/s1. The van der Waals surface area contributed by atoms with Crippen LogP contribution in [-0.2, 0) is 22.6 Å². The molecule has 3 aromatic carbocycles. The molecule has 6 rings (SSSR count). The monoisotopic (exact) mass is 683 g/mol. The Balaban J connectivity index is 1.17. The largest absolute Gasteiger partial charge is 0.494 e. The molecule has 1 aromatic heterocycles. The van der Waals surface area contributed by atoms with E-state index in [1.807, 2.05) is 41.0 Å². The number of likely N-dealkylation sites (tertiary alicyclic amines) is 2. The third-order valence-electron chi connectivity index (χ3n) is 9.44.